The zero-order chi connectivity index (χ0) is 12.3. The third-order valence-corrected chi connectivity index (χ3v) is 3.08. The fourth-order valence-electron chi connectivity index (χ4n) is 2.12. The molecule has 0 bridgehead atoms. The summed E-state index contributed by atoms with van der Waals surface area (Å²) in [4.78, 5) is 26.5. The molecule has 5 nitrogen and oxygen atoms in total. The van der Waals surface area contributed by atoms with Crippen molar-refractivity contribution in [1.82, 2.24) is 4.98 Å². The van der Waals surface area contributed by atoms with E-state index in [1.807, 2.05) is 0 Å². The number of aromatic nitrogens is 1. The number of carbonyl (C=O) groups is 2. The molecule has 0 saturated heterocycles. The Morgan fingerprint density at radius 3 is 2.71 bits per heavy atom. The van der Waals surface area contributed by atoms with E-state index in [-0.39, 0.29) is 17.7 Å². The predicted molar refractivity (Wildman–Crippen MR) is 61.3 cm³/mol. The zero-order valence-electron chi connectivity index (χ0n) is 9.30. The van der Waals surface area contributed by atoms with Gasteiger partial charge in [-0.3, -0.25) is 14.6 Å². The van der Waals surface area contributed by atoms with Gasteiger partial charge in [0.1, 0.15) is 0 Å². The molecule has 5 heteroatoms. The Morgan fingerprint density at radius 2 is 2.12 bits per heavy atom. The minimum absolute atomic E-state index is 0.109. The SMILES string of the molecule is O=C(O)[C@@H]1CC[C@H](C(=O)Nc2cccnc2)C1. The Morgan fingerprint density at radius 1 is 1.35 bits per heavy atom. The maximum atomic E-state index is 11.9. The molecule has 1 heterocycles. The molecule has 1 amide bonds. The van der Waals surface area contributed by atoms with Gasteiger partial charge in [0.25, 0.3) is 0 Å². The molecular weight excluding hydrogens is 220 g/mol. The van der Waals surface area contributed by atoms with Gasteiger partial charge in [0.05, 0.1) is 17.8 Å². The number of nitrogens with one attached hydrogen (secondary N) is 1. The molecule has 1 aliphatic rings. The lowest BCUT2D eigenvalue weighted by atomic mass is 10.0. The van der Waals surface area contributed by atoms with Gasteiger partial charge in [-0.25, -0.2) is 0 Å². The monoisotopic (exact) mass is 234 g/mol. The number of amides is 1. The minimum atomic E-state index is -0.804. The molecule has 17 heavy (non-hydrogen) atoms. The molecule has 2 N–H and O–H groups in total. The van der Waals surface area contributed by atoms with Crippen molar-refractivity contribution in [3.63, 3.8) is 0 Å². The second kappa shape index (κ2) is 4.95. The van der Waals surface area contributed by atoms with E-state index < -0.39 is 5.97 Å². The maximum Gasteiger partial charge on any atom is 0.306 e. The Bertz CT molecular complexity index is 419. The van der Waals surface area contributed by atoms with Crippen LogP contribution in [0.25, 0.3) is 0 Å². The summed E-state index contributed by atoms with van der Waals surface area (Å²) in [6.07, 6.45) is 4.86. The van der Waals surface area contributed by atoms with Gasteiger partial charge >= 0.3 is 5.97 Å². The number of rotatable bonds is 3. The van der Waals surface area contributed by atoms with Crippen LogP contribution in [0.2, 0.25) is 0 Å². The summed E-state index contributed by atoms with van der Waals surface area (Å²) in [5.74, 6) is -1.49. The highest BCUT2D eigenvalue weighted by Gasteiger charge is 2.33. The van der Waals surface area contributed by atoms with Crippen LogP contribution in [0.3, 0.4) is 0 Å². The first kappa shape index (κ1) is 11.6. The van der Waals surface area contributed by atoms with Gasteiger partial charge in [0, 0.05) is 12.1 Å². The van der Waals surface area contributed by atoms with Crippen molar-refractivity contribution in [2.24, 2.45) is 11.8 Å². The van der Waals surface area contributed by atoms with Crippen LogP contribution in [0.4, 0.5) is 5.69 Å². The molecule has 1 aliphatic carbocycles. The summed E-state index contributed by atoms with van der Waals surface area (Å²) in [7, 11) is 0. The Balaban J connectivity index is 1.92. The fourth-order valence-corrected chi connectivity index (χ4v) is 2.12. The largest absolute Gasteiger partial charge is 0.481 e. The molecule has 0 aromatic carbocycles. The van der Waals surface area contributed by atoms with Crippen LogP contribution in [-0.2, 0) is 9.59 Å². The summed E-state index contributed by atoms with van der Waals surface area (Å²) in [6.45, 7) is 0. The first-order valence-corrected chi connectivity index (χ1v) is 5.60. The maximum absolute atomic E-state index is 11.9. The predicted octanol–water partition coefficient (Wildman–Crippen LogP) is 1.52. The van der Waals surface area contributed by atoms with Crippen LogP contribution < -0.4 is 5.32 Å². The van der Waals surface area contributed by atoms with E-state index >= 15 is 0 Å². The summed E-state index contributed by atoms with van der Waals surface area (Å²) in [5, 5.41) is 11.6. The molecule has 0 spiro atoms. The van der Waals surface area contributed by atoms with Gasteiger partial charge in [-0.05, 0) is 31.4 Å². The summed E-state index contributed by atoms with van der Waals surface area (Å²) >= 11 is 0. The van der Waals surface area contributed by atoms with Crippen LogP contribution in [0, 0.1) is 11.8 Å². The third kappa shape index (κ3) is 2.81. The molecule has 1 aromatic rings. The molecule has 0 aliphatic heterocycles. The van der Waals surface area contributed by atoms with Crippen molar-refractivity contribution in [2.75, 3.05) is 5.32 Å². The molecule has 1 saturated carbocycles. The van der Waals surface area contributed by atoms with Crippen molar-refractivity contribution in [2.45, 2.75) is 19.3 Å². The van der Waals surface area contributed by atoms with Gasteiger partial charge in [-0.2, -0.15) is 0 Å². The number of pyridine rings is 1. The number of aliphatic carboxylic acids is 1. The summed E-state index contributed by atoms with van der Waals surface area (Å²) < 4.78 is 0. The van der Waals surface area contributed by atoms with Crippen LogP contribution in [0.15, 0.2) is 24.5 Å². The van der Waals surface area contributed by atoms with E-state index in [1.165, 1.54) is 0 Å². The number of carbonyl (C=O) groups excluding carboxylic acids is 1. The standard InChI is InChI=1S/C12H14N2O3/c15-11(14-10-2-1-5-13-7-10)8-3-4-9(6-8)12(16)17/h1-2,5,7-9H,3-4,6H2,(H,14,15)(H,16,17)/t8-,9+/m0/s1. The van der Waals surface area contributed by atoms with Gasteiger partial charge in [-0.1, -0.05) is 0 Å². The molecule has 1 fully saturated rings. The van der Waals surface area contributed by atoms with Crippen molar-refractivity contribution in [1.29, 1.82) is 0 Å². The quantitative estimate of drug-likeness (QED) is 0.831. The molecule has 2 rings (SSSR count). The number of carboxylic acids is 1. The lowest BCUT2D eigenvalue weighted by Crippen LogP contribution is -2.21. The normalized spacial score (nSPS) is 23.3. The van der Waals surface area contributed by atoms with Crippen molar-refractivity contribution in [3.8, 4) is 0 Å². The number of carboxylic acid groups (broad SMARTS) is 1. The van der Waals surface area contributed by atoms with E-state index in [0.717, 1.165) is 0 Å². The highest BCUT2D eigenvalue weighted by atomic mass is 16.4. The Hall–Kier alpha value is -1.91. The topological polar surface area (TPSA) is 79.3 Å². The molecule has 90 valence electrons. The van der Waals surface area contributed by atoms with Gasteiger partial charge in [0.2, 0.25) is 5.91 Å². The molecule has 0 radical (unpaired) electrons. The lowest BCUT2D eigenvalue weighted by molar-refractivity contribution is -0.141. The molecule has 1 aromatic heterocycles. The number of nitrogens with zero attached hydrogens (tertiary/aromatic N) is 1. The highest BCUT2D eigenvalue weighted by molar-refractivity contribution is 5.93. The van der Waals surface area contributed by atoms with Crippen LogP contribution in [0.5, 0.6) is 0 Å². The van der Waals surface area contributed by atoms with Gasteiger partial charge in [0.15, 0.2) is 0 Å². The van der Waals surface area contributed by atoms with Gasteiger partial charge in [-0.15, -0.1) is 0 Å². The average Bonchev–Trinajstić information content (AvgIpc) is 2.79. The number of anilines is 1. The first-order valence-electron chi connectivity index (χ1n) is 5.60. The molecule has 2 atom stereocenters. The first-order chi connectivity index (χ1) is 8.16. The van der Waals surface area contributed by atoms with Crippen molar-refractivity contribution < 1.29 is 14.7 Å². The van der Waals surface area contributed by atoms with E-state index in [1.54, 1.807) is 24.5 Å². The lowest BCUT2D eigenvalue weighted by Gasteiger charge is -2.10. The fraction of sp³-hybridized carbons (Fsp3) is 0.417. The van der Waals surface area contributed by atoms with E-state index in [4.69, 9.17) is 5.11 Å². The number of hydrogen-bond acceptors (Lipinski definition) is 3. The van der Waals surface area contributed by atoms with E-state index in [0.29, 0.717) is 24.9 Å². The molecule has 0 unspecified atom stereocenters. The average molecular weight is 234 g/mol. The Kier molecular flexibility index (Phi) is 3.37. The van der Waals surface area contributed by atoms with Crippen LogP contribution in [-0.4, -0.2) is 22.0 Å². The third-order valence-electron chi connectivity index (χ3n) is 3.08. The van der Waals surface area contributed by atoms with E-state index in [2.05, 4.69) is 10.3 Å². The molecular formula is C12H14N2O3. The zero-order valence-corrected chi connectivity index (χ0v) is 9.30. The van der Waals surface area contributed by atoms with Crippen LogP contribution in [0.1, 0.15) is 19.3 Å². The van der Waals surface area contributed by atoms with Crippen molar-refractivity contribution in [3.05, 3.63) is 24.5 Å². The van der Waals surface area contributed by atoms with Gasteiger partial charge < -0.3 is 10.4 Å². The van der Waals surface area contributed by atoms with Crippen molar-refractivity contribution >= 4 is 17.6 Å². The minimum Gasteiger partial charge on any atom is -0.481 e. The van der Waals surface area contributed by atoms with E-state index in [9.17, 15) is 9.59 Å². The van der Waals surface area contributed by atoms with Crippen LogP contribution >= 0.6 is 0 Å². The summed E-state index contributed by atoms with van der Waals surface area (Å²) in [6, 6.07) is 3.50. The summed E-state index contributed by atoms with van der Waals surface area (Å²) in [5.41, 5.74) is 0.649. The second-order valence-electron chi connectivity index (χ2n) is 4.28. The number of hydrogen-bond donors (Lipinski definition) is 2. The Labute approximate surface area is 98.9 Å². The second-order valence-corrected chi connectivity index (χ2v) is 4.28. The highest BCUT2D eigenvalue weighted by Crippen LogP contribution is 2.31. The smallest absolute Gasteiger partial charge is 0.306 e.